The lowest BCUT2D eigenvalue weighted by Crippen LogP contribution is -2.48. The maximum Gasteiger partial charge on any atom is 0.0982 e. The molecule has 0 aromatic rings. The first kappa shape index (κ1) is 10.5. The summed E-state index contributed by atoms with van der Waals surface area (Å²) in [4.78, 5) is 0. The predicted molar refractivity (Wildman–Crippen MR) is 63.0 cm³/mol. The third-order valence-electron chi connectivity index (χ3n) is 4.58. The number of hydrogen-bond acceptors (Lipinski definition) is 2. The van der Waals surface area contributed by atoms with Gasteiger partial charge in [0.05, 0.1) is 17.8 Å². The molecule has 2 nitrogen and oxygen atoms in total. The molecule has 1 N–H and O–H groups in total. The van der Waals surface area contributed by atoms with Crippen molar-refractivity contribution in [3.63, 3.8) is 0 Å². The smallest absolute Gasteiger partial charge is 0.0982 e. The summed E-state index contributed by atoms with van der Waals surface area (Å²) in [6.45, 7) is 6.31. The van der Waals surface area contributed by atoms with Gasteiger partial charge in [-0.3, -0.25) is 0 Å². The van der Waals surface area contributed by atoms with Gasteiger partial charge in [-0.05, 0) is 30.8 Å². The average molecular weight is 220 g/mol. The fourth-order valence-electron chi connectivity index (χ4n) is 3.78. The second kappa shape index (κ2) is 3.44. The number of aliphatic hydroxyl groups excluding tert-OH is 1. The van der Waals surface area contributed by atoms with Crippen LogP contribution in [0.1, 0.15) is 32.6 Å². The summed E-state index contributed by atoms with van der Waals surface area (Å²) >= 11 is 0. The van der Waals surface area contributed by atoms with Crippen molar-refractivity contribution in [3.8, 4) is 0 Å². The van der Waals surface area contributed by atoms with E-state index in [0.29, 0.717) is 5.92 Å². The Hall–Kier alpha value is -0.600. The second-order valence-electron chi connectivity index (χ2n) is 5.48. The molecule has 0 unspecified atom stereocenters. The first-order valence-corrected chi connectivity index (χ1v) is 6.42. The molecule has 88 valence electrons. The van der Waals surface area contributed by atoms with Gasteiger partial charge in [-0.2, -0.15) is 0 Å². The Morgan fingerprint density at radius 1 is 1.62 bits per heavy atom. The number of rotatable bonds is 2. The van der Waals surface area contributed by atoms with Gasteiger partial charge < -0.3 is 9.84 Å². The maximum absolute atomic E-state index is 10.5. The highest BCUT2D eigenvalue weighted by molar-refractivity contribution is 5.37. The summed E-state index contributed by atoms with van der Waals surface area (Å²) in [5.41, 5.74) is 0.890. The molecule has 2 fully saturated rings. The third-order valence-corrected chi connectivity index (χ3v) is 4.58. The van der Waals surface area contributed by atoms with Crippen molar-refractivity contribution in [1.82, 2.24) is 0 Å². The van der Waals surface area contributed by atoms with Crippen molar-refractivity contribution in [2.75, 3.05) is 0 Å². The van der Waals surface area contributed by atoms with E-state index in [1.54, 1.807) is 0 Å². The first-order valence-electron chi connectivity index (χ1n) is 6.42. The fourth-order valence-corrected chi connectivity index (χ4v) is 3.78. The van der Waals surface area contributed by atoms with Crippen molar-refractivity contribution < 1.29 is 9.84 Å². The van der Waals surface area contributed by atoms with E-state index >= 15 is 0 Å². The zero-order valence-electron chi connectivity index (χ0n) is 9.86. The summed E-state index contributed by atoms with van der Waals surface area (Å²) < 4.78 is 6.00. The zero-order valence-corrected chi connectivity index (χ0v) is 9.86. The molecule has 3 aliphatic rings. The molecule has 0 radical (unpaired) electrons. The maximum atomic E-state index is 10.5. The molecule has 1 aliphatic carbocycles. The zero-order chi connectivity index (χ0) is 11.3. The Kier molecular flexibility index (Phi) is 2.27. The van der Waals surface area contributed by atoms with Crippen molar-refractivity contribution in [2.24, 2.45) is 11.8 Å². The number of hydrogen-bond donors (Lipinski definition) is 1. The van der Waals surface area contributed by atoms with Crippen LogP contribution in [0.4, 0.5) is 0 Å². The van der Waals surface area contributed by atoms with Crippen LogP contribution in [0.3, 0.4) is 0 Å². The van der Waals surface area contributed by atoms with Crippen LogP contribution in [-0.4, -0.2) is 22.9 Å². The van der Waals surface area contributed by atoms with Gasteiger partial charge in [0.15, 0.2) is 0 Å². The molecule has 0 amide bonds. The van der Waals surface area contributed by atoms with Crippen LogP contribution in [0.15, 0.2) is 24.3 Å². The average Bonchev–Trinajstić information content (AvgIpc) is 2.79. The van der Waals surface area contributed by atoms with Crippen LogP contribution in [0.2, 0.25) is 0 Å². The minimum absolute atomic E-state index is 0.0695. The van der Waals surface area contributed by atoms with Gasteiger partial charge in [0, 0.05) is 5.92 Å². The van der Waals surface area contributed by atoms with Gasteiger partial charge in [0.1, 0.15) is 0 Å². The third kappa shape index (κ3) is 1.20. The molecular weight excluding hydrogens is 200 g/mol. The van der Waals surface area contributed by atoms with E-state index in [-0.39, 0.29) is 23.7 Å². The molecule has 2 heteroatoms. The van der Waals surface area contributed by atoms with Crippen molar-refractivity contribution in [1.29, 1.82) is 0 Å². The highest BCUT2D eigenvalue weighted by Crippen LogP contribution is 2.55. The van der Waals surface area contributed by atoms with Gasteiger partial charge in [0.25, 0.3) is 0 Å². The topological polar surface area (TPSA) is 29.5 Å². The molecule has 0 aromatic carbocycles. The largest absolute Gasteiger partial charge is 0.392 e. The minimum Gasteiger partial charge on any atom is -0.392 e. The van der Waals surface area contributed by atoms with Crippen LogP contribution < -0.4 is 0 Å². The summed E-state index contributed by atoms with van der Waals surface area (Å²) in [6, 6.07) is 0. The van der Waals surface area contributed by atoms with E-state index in [0.717, 1.165) is 31.3 Å². The Labute approximate surface area is 97.0 Å². The van der Waals surface area contributed by atoms with E-state index in [9.17, 15) is 5.11 Å². The molecule has 1 saturated heterocycles. The Balaban J connectivity index is 1.89. The van der Waals surface area contributed by atoms with Crippen LogP contribution >= 0.6 is 0 Å². The molecule has 1 saturated carbocycles. The molecular formula is C14H20O2. The number of fused-ring (bicyclic) bond motifs is 1. The monoisotopic (exact) mass is 220 g/mol. The van der Waals surface area contributed by atoms with Crippen LogP contribution in [0, 0.1) is 11.8 Å². The SMILES string of the molecule is C=C1[C@@H]2C=C[C@@]3(CC[C@@H](CCC)[C@H](O)[C@@H]13)O2. The molecule has 1 spiro atoms. The van der Waals surface area contributed by atoms with Gasteiger partial charge in [0.2, 0.25) is 0 Å². The van der Waals surface area contributed by atoms with Crippen molar-refractivity contribution in [3.05, 3.63) is 24.3 Å². The van der Waals surface area contributed by atoms with Gasteiger partial charge >= 0.3 is 0 Å². The van der Waals surface area contributed by atoms with Crippen molar-refractivity contribution >= 4 is 0 Å². The molecule has 2 heterocycles. The van der Waals surface area contributed by atoms with Crippen LogP contribution in [0.25, 0.3) is 0 Å². The van der Waals surface area contributed by atoms with Crippen molar-refractivity contribution in [2.45, 2.75) is 50.4 Å². The quantitative estimate of drug-likeness (QED) is 0.724. The fraction of sp³-hybridized carbons (Fsp3) is 0.714. The minimum atomic E-state index is -0.254. The normalized spacial score (nSPS) is 49.8. The summed E-state index contributed by atoms with van der Waals surface area (Å²) in [6.07, 6.45) is 8.48. The summed E-state index contributed by atoms with van der Waals surface area (Å²) in [5, 5.41) is 10.5. The molecule has 2 bridgehead atoms. The standard InChI is InChI=1S/C14H20O2/c1-3-4-10-5-7-14-8-6-11(16-14)9(2)12(14)13(10)15/h6,8,10-13,15H,2-5,7H2,1H3/t10-,11+,12-,13+,14-/m1/s1. The molecule has 2 aliphatic heterocycles. The molecule has 0 aromatic heterocycles. The van der Waals surface area contributed by atoms with Crippen LogP contribution in [0.5, 0.6) is 0 Å². The van der Waals surface area contributed by atoms with E-state index in [1.165, 1.54) is 0 Å². The van der Waals surface area contributed by atoms with Gasteiger partial charge in [-0.25, -0.2) is 0 Å². The molecule has 3 rings (SSSR count). The number of aliphatic hydroxyl groups is 1. The Morgan fingerprint density at radius 2 is 2.44 bits per heavy atom. The highest BCUT2D eigenvalue weighted by atomic mass is 16.5. The van der Waals surface area contributed by atoms with Crippen LogP contribution in [-0.2, 0) is 4.74 Å². The lowest BCUT2D eigenvalue weighted by molar-refractivity contribution is -0.0785. The summed E-state index contributed by atoms with van der Waals surface area (Å²) in [5.74, 6) is 0.585. The Bertz CT molecular complexity index is 347. The predicted octanol–water partition coefficient (Wildman–Crippen LogP) is 2.44. The van der Waals surface area contributed by atoms with Gasteiger partial charge in [-0.15, -0.1) is 0 Å². The van der Waals surface area contributed by atoms with E-state index in [1.807, 2.05) is 0 Å². The van der Waals surface area contributed by atoms with E-state index in [2.05, 4.69) is 25.7 Å². The lowest BCUT2D eigenvalue weighted by Gasteiger charge is -2.43. The summed E-state index contributed by atoms with van der Waals surface area (Å²) in [7, 11) is 0. The van der Waals surface area contributed by atoms with Gasteiger partial charge in [-0.1, -0.05) is 32.1 Å². The highest BCUT2D eigenvalue weighted by Gasteiger charge is 2.58. The lowest BCUT2D eigenvalue weighted by atomic mass is 9.65. The molecule has 5 atom stereocenters. The Morgan fingerprint density at radius 3 is 3.19 bits per heavy atom. The second-order valence-corrected chi connectivity index (χ2v) is 5.48. The van der Waals surface area contributed by atoms with E-state index in [4.69, 9.17) is 4.74 Å². The van der Waals surface area contributed by atoms with E-state index < -0.39 is 0 Å². The number of ether oxygens (including phenoxy) is 1. The molecule has 16 heavy (non-hydrogen) atoms. The first-order chi connectivity index (χ1) is 7.68.